The van der Waals surface area contributed by atoms with Crippen molar-refractivity contribution < 1.29 is 14.3 Å². The molecule has 2 rings (SSSR count). The third kappa shape index (κ3) is 7.65. The molecule has 0 bridgehead atoms. The third-order valence-electron chi connectivity index (χ3n) is 4.57. The number of rotatable bonds is 7. The van der Waals surface area contributed by atoms with E-state index in [-0.39, 0.29) is 35.9 Å². The third-order valence-corrected chi connectivity index (χ3v) is 4.57. The van der Waals surface area contributed by atoms with E-state index in [1.165, 1.54) is 11.1 Å². The Hall–Kier alpha value is -1.35. The normalized spacial score (nSPS) is 15.2. The Morgan fingerprint density at radius 1 is 1.15 bits per heavy atom. The lowest BCUT2D eigenvalue weighted by Gasteiger charge is -2.33. The van der Waals surface area contributed by atoms with E-state index in [0.717, 1.165) is 45.0 Å². The molecule has 1 aromatic carbocycles. The van der Waals surface area contributed by atoms with Crippen LogP contribution < -0.4 is 5.32 Å². The summed E-state index contributed by atoms with van der Waals surface area (Å²) in [5.74, 6) is 0.829. The van der Waals surface area contributed by atoms with Gasteiger partial charge < -0.3 is 19.7 Å². The summed E-state index contributed by atoms with van der Waals surface area (Å²) in [4.78, 5) is 18.4. The Kier molecular flexibility index (Phi) is 11.3. The van der Waals surface area contributed by atoms with Crippen LogP contribution in [0.25, 0.3) is 0 Å². The molecule has 0 aromatic heterocycles. The van der Waals surface area contributed by atoms with Gasteiger partial charge in [0.05, 0.1) is 19.1 Å². The summed E-state index contributed by atoms with van der Waals surface area (Å²) in [7, 11) is 1.80. The predicted molar refractivity (Wildman–Crippen MR) is 118 cm³/mol. The molecule has 0 amide bonds. The number of esters is 1. The summed E-state index contributed by atoms with van der Waals surface area (Å²) < 4.78 is 10.6. The lowest BCUT2D eigenvalue weighted by molar-refractivity contribution is -0.149. The van der Waals surface area contributed by atoms with Gasteiger partial charge in [0, 0.05) is 33.3 Å². The van der Waals surface area contributed by atoms with E-state index in [1.54, 1.807) is 7.05 Å². The molecule has 0 saturated carbocycles. The zero-order valence-electron chi connectivity index (χ0n) is 16.6. The first-order valence-corrected chi connectivity index (χ1v) is 9.45. The molecule has 152 valence electrons. The van der Waals surface area contributed by atoms with E-state index in [9.17, 15) is 4.79 Å². The Balaban J connectivity index is 0.00000364. The Labute approximate surface area is 179 Å². The van der Waals surface area contributed by atoms with Gasteiger partial charge in [-0.15, -0.1) is 24.0 Å². The average molecular weight is 489 g/mol. The van der Waals surface area contributed by atoms with Gasteiger partial charge in [-0.05, 0) is 37.8 Å². The van der Waals surface area contributed by atoms with Crippen LogP contribution in [-0.4, -0.2) is 50.2 Å². The van der Waals surface area contributed by atoms with E-state index in [1.807, 2.05) is 13.8 Å². The van der Waals surface area contributed by atoms with Crippen molar-refractivity contribution in [3.8, 4) is 0 Å². The Bertz CT molecular complexity index is 585. The number of carbonyl (C=O) groups excluding carboxylic acids is 1. The van der Waals surface area contributed by atoms with Crippen LogP contribution in [0.2, 0.25) is 0 Å². The molecule has 1 aliphatic heterocycles. The van der Waals surface area contributed by atoms with Gasteiger partial charge in [0.25, 0.3) is 0 Å². The monoisotopic (exact) mass is 489 g/mol. The number of halogens is 1. The van der Waals surface area contributed by atoms with Crippen molar-refractivity contribution in [1.29, 1.82) is 0 Å². The SMILES string of the molecule is CCOCc1ccc(CNC(=NC)N2CCC(C(=O)OCC)CC2)cc1.I. The number of benzene rings is 1. The van der Waals surface area contributed by atoms with Crippen molar-refractivity contribution in [2.75, 3.05) is 33.4 Å². The first-order chi connectivity index (χ1) is 12.7. The number of hydrogen-bond donors (Lipinski definition) is 1. The number of aliphatic imine (C=N–C) groups is 1. The molecule has 1 fully saturated rings. The molecule has 1 aromatic rings. The van der Waals surface area contributed by atoms with Crippen LogP contribution in [0.4, 0.5) is 0 Å². The molecule has 7 heteroatoms. The number of hydrogen-bond acceptors (Lipinski definition) is 4. The van der Waals surface area contributed by atoms with E-state index in [0.29, 0.717) is 13.2 Å². The fraction of sp³-hybridized carbons (Fsp3) is 0.600. The quantitative estimate of drug-likeness (QED) is 0.276. The number of nitrogens with zero attached hydrogens (tertiary/aromatic N) is 2. The Morgan fingerprint density at radius 3 is 2.33 bits per heavy atom. The van der Waals surface area contributed by atoms with E-state index < -0.39 is 0 Å². The lowest BCUT2D eigenvalue weighted by Crippen LogP contribution is -2.46. The summed E-state index contributed by atoms with van der Waals surface area (Å²) in [6, 6.07) is 8.42. The molecule has 0 aliphatic carbocycles. The summed E-state index contributed by atoms with van der Waals surface area (Å²) in [5, 5.41) is 3.42. The summed E-state index contributed by atoms with van der Waals surface area (Å²) in [6.07, 6.45) is 1.62. The smallest absolute Gasteiger partial charge is 0.309 e. The van der Waals surface area contributed by atoms with Crippen molar-refractivity contribution in [3.63, 3.8) is 0 Å². The minimum Gasteiger partial charge on any atom is -0.466 e. The van der Waals surface area contributed by atoms with Crippen LogP contribution in [0.3, 0.4) is 0 Å². The van der Waals surface area contributed by atoms with Crippen molar-refractivity contribution in [3.05, 3.63) is 35.4 Å². The highest BCUT2D eigenvalue weighted by atomic mass is 127. The second kappa shape index (κ2) is 12.9. The molecule has 1 saturated heterocycles. The van der Waals surface area contributed by atoms with Crippen molar-refractivity contribution >= 4 is 35.9 Å². The van der Waals surface area contributed by atoms with E-state index in [4.69, 9.17) is 9.47 Å². The minimum absolute atomic E-state index is 0. The molecule has 6 nitrogen and oxygen atoms in total. The van der Waals surface area contributed by atoms with Crippen molar-refractivity contribution in [1.82, 2.24) is 10.2 Å². The molecule has 1 heterocycles. The van der Waals surface area contributed by atoms with Gasteiger partial charge in [0.1, 0.15) is 0 Å². The number of carbonyl (C=O) groups is 1. The number of piperidine rings is 1. The van der Waals surface area contributed by atoms with Gasteiger partial charge >= 0.3 is 5.97 Å². The number of ether oxygens (including phenoxy) is 2. The zero-order valence-corrected chi connectivity index (χ0v) is 18.9. The van der Waals surface area contributed by atoms with Crippen LogP contribution in [0.15, 0.2) is 29.3 Å². The highest BCUT2D eigenvalue weighted by Gasteiger charge is 2.27. The molecular formula is C20H32IN3O3. The van der Waals surface area contributed by atoms with Crippen LogP contribution in [0, 0.1) is 5.92 Å². The predicted octanol–water partition coefficient (Wildman–Crippen LogP) is 3.19. The average Bonchev–Trinajstić information content (AvgIpc) is 2.68. The molecule has 0 atom stereocenters. The maximum Gasteiger partial charge on any atom is 0.309 e. The van der Waals surface area contributed by atoms with Crippen LogP contribution >= 0.6 is 24.0 Å². The summed E-state index contributed by atoms with van der Waals surface area (Å²) in [6.45, 7) is 8.04. The number of guanidine groups is 1. The molecule has 0 spiro atoms. The fourth-order valence-electron chi connectivity index (χ4n) is 3.07. The first kappa shape index (κ1) is 23.7. The van der Waals surface area contributed by atoms with Gasteiger partial charge in [-0.25, -0.2) is 0 Å². The molecule has 1 N–H and O–H groups in total. The molecule has 27 heavy (non-hydrogen) atoms. The summed E-state index contributed by atoms with van der Waals surface area (Å²) in [5.41, 5.74) is 2.38. The maximum atomic E-state index is 11.9. The highest BCUT2D eigenvalue weighted by Crippen LogP contribution is 2.18. The Morgan fingerprint density at radius 2 is 1.78 bits per heavy atom. The largest absolute Gasteiger partial charge is 0.466 e. The van der Waals surface area contributed by atoms with Gasteiger partial charge in [0.15, 0.2) is 5.96 Å². The standard InChI is InChI=1S/C20H31N3O3.HI/c1-4-25-15-17-8-6-16(7-9-17)14-22-20(21-3)23-12-10-18(11-13-23)19(24)26-5-2;/h6-9,18H,4-5,10-15H2,1-3H3,(H,21,22);1H. The minimum atomic E-state index is -0.0674. The summed E-state index contributed by atoms with van der Waals surface area (Å²) >= 11 is 0. The molecule has 1 aliphatic rings. The molecule has 0 unspecified atom stereocenters. The zero-order chi connectivity index (χ0) is 18.8. The van der Waals surface area contributed by atoms with Gasteiger partial charge in [-0.2, -0.15) is 0 Å². The van der Waals surface area contributed by atoms with Gasteiger partial charge in [-0.3, -0.25) is 9.79 Å². The second-order valence-electron chi connectivity index (χ2n) is 6.37. The highest BCUT2D eigenvalue weighted by molar-refractivity contribution is 14.0. The van der Waals surface area contributed by atoms with Crippen molar-refractivity contribution in [2.45, 2.75) is 39.8 Å². The molecule has 0 radical (unpaired) electrons. The number of likely N-dealkylation sites (tertiary alicyclic amines) is 1. The maximum absolute atomic E-state index is 11.9. The second-order valence-corrected chi connectivity index (χ2v) is 6.37. The first-order valence-electron chi connectivity index (χ1n) is 9.45. The van der Waals surface area contributed by atoms with Gasteiger partial charge in [-0.1, -0.05) is 24.3 Å². The topological polar surface area (TPSA) is 63.2 Å². The van der Waals surface area contributed by atoms with E-state index >= 15 is 0 Å². The van der Waals surface area contributed by atoms with Crippen molar-refractivity contribution in [2.24, 2.45) is 10.9 Å². The van der Waals surface area contributed by atoms with Crippen LogP contribution in [0.5, 0.6) is 0 Å². The van der Waals surface area contributed by atoms with Gasteiger partial charge in [0.2, 0.25) is 0 Å². The van der Waals surface area contributed by atoms with Crippen LogP contribution in [0.1, 0.15) is 37.8 Å². The van der Waals surface area contributed by atoms with Crippen LogP contribution in [-0.2, 0) is 27.4 Å². The lowest BCUT2D eigenvalue weighted by atomic mass is 9.97. The number of nitrogens with one attached hydrogen (secondary N) is 1. The molecular weight excluding hydrogens is 457 g/mol. The fourth-order valence-corrected chi connectivity index (χ4v) is 3.07. The van der Waals surface area contributed by atoms with E-state index in [2.05, 4.69) is 39.5 Å².